The molecule has 2 N–H and O–H groups in total. The lowest BCUT2D eigenvalue weighted by atomic mass is 9.67. The summed E-state index contributed by atoms with van der Waals surface area (Å²) in [5.74, 6) is 0.922. The predicted molar refractivity (Wildman–Crippen MR) is 96.6 cm³/mol. The quantitative estimate of drug-likeness (QED) is 0.342. The van der Waals surface area contributed by atoms with E-state index in [0.717, 1.165) is 71.3 Å². The van der Waals surface area contributed by atoms with Gasteiger partial charge in [-0.3, -0.25) is 4.99 Å². The lowest BCUT2D eigenvalue weighted by Gasteiger charge is -2.40. The van der Waals surface area contributed by atoms with E-state index in [2.05, 4.69) is 17.6 Å². The van der Waals surface area contributed by atoms with Crippen LogP contribution in [0.4, 0.5) is 0 Å². The minimum absolute atomic E-state index is 0.297. The van der Waals surface area contributed by atoms with E-state index in [1.165, 1.54) is 19.3 Å². The zero-order valence-electron chi connectivity index (χ0n) is 15.4. The van der Waals surface area contributed by atoms with Crippen molar-refractivity contribution in [1.29, 1.82) is 0 Å². The maximum absolute atomic E-state index is 5.79. The summed E-state index contributed by atoms with van der Waals surface area (Å²) < 4.78 is 16.4. The maximum atomic E-state index is 5.79. The molecule has 1 unspecified atom stereocenters. The van der Waals surface area contributed by atoms with Gasteiger partial charge < -0.3 is 24.8 Å². The van der Waals surface area contributed by atoms with E-state index >= 15 is 0 Å². The van der Waals surface area contributed by atoms with Crippen molar-refractivity contribution in [3.63, 3.8) is 0 Å². The molecular weight excluding hydrogens is 306 g/mol. The normalized spacial score (nSPS) is 23.1. The van der Waals surface area contributed by atoms with Crippen LogP contribution >= 0.6 is 0 Å². The predicted octanol–water partition coefficient (Wildman–Crippen LogP) is 1.94. The van der Waals surface area contributed by atoms with E-state index in [1.54, 1.807) is 7.11 Å². The molecule has 0 aromatic heterocycles. The zero-order chi connectivity index (χ0) is 17.1. The molecule has 24 heavy (non-hydrogen) atoms. The topological polar surface area (TPSA) is 64.1 Å². The summed E-state index contributed by atoms with van der Waals surface area (Å²) in [4.78, 5) is 4.81. The van der Waals surface area contributed by atoms with Gasteiger partial charge in [0.25, 0.3) is 0 Å². The Morgan fingerprint density at radius 1 is 1.29 bits per heavy atom. The van der Waals surface area contributed by atoms with Crippen molar-refractivity contribution in [3.05, 3.63) is 0 Å². The number of aliphatic imine (C=N–C) groups is 1. The Morgan fingerprint density at radius 2 is 2.17 bits per heavy atom. The smallest absolute Gasteiger partial charge is 0.191 e. The highest BCUT2D eigenvalue weighted by atomic mass is 16.5. The first kappa shape index (κ1) is 19.5. The average molecular weight is 341 g/mol. The van der Waals surface area contributed by atoms with Crippen LogP contribution in [0.3, 0.4) is 0 Å². The average Bonchev–Trinajstić information content (AvgIpc) is 3.06. The molecule has 6 heteroatoms. The molecule has 2 fully saturated rings. The third-order valence-corrected chi connectivity index (χ3v) is 5.02. The van der Waals surface area contributed by atoms with Gasteiger partial charge in [0.15, 0.2) is 5.96 Å². The third-order valence-electron chi connectivity index (χ3n) is 5.02. The van der Waals surface area contributed by atoms with Crippen molar-refractivity contribution in [2.24, 2.45) is 10.4 Å². The molecular formula is C18H35N3O3. The molecule has 2 aliphatic rings. The molecule has 1 saturated heterocycles. The first-order valence-electron chi connectivity index (χ1n) is 9.48. The SMILES string of the molecule is CCNC(=NCC1(CCOC)CCC1)NCCCOC1CCOC1. The van der Waals surface area contributed by atoms with E-state index in [9.17, 15) is 0 Å². The minimum Gasteiger partial charge on any atom is -0.385 e. The van der Waals surface area contributed by atoms with Gasteiger partial charge in [-0.2, -0.15) is 0 Å². The molecule has 6 nitrogen and oxygen atoms in total. The van der Waals surface area contributed by atoms with Crippen molar-refractivity contribution in [3.8, 4) is 0 Å². The van der Waals surface area contributed by atoms with Gasteiger partial charge >= 0.3 is 0 Å². The Hall–Kier alpha value is -0.850. The Kier molecular flexibility index (Phi) is 8.84. The van der Waals surface area contributed by atoms with Crippen LogP contribution in [0.1, 0.15) is 45.4 Å². The van der Waals surface area contributed by atoms with Gasteiger partial charge in [0.05, 0.1) is 12.7 Å². The van der Waals surface area contributed by atoms with Gasteiger partial charge in [-0.1, -0.05) is 6.42 Å². The van der Waals surface area contributed by atoms with E-state index in [4.69, 9.17) is 19.2 Å². The van der Waals surface area contributed by atoms with Gasteiger partial charge in [0.2, 0.25) is 0 Å². The van der Waals surface area contributed by atoms with Gasteiger partial charge in [-0.05, 0) is 44.4 Å². The molecule has 1 aliphatic carbocycles. The number of methoxy groups -OCH3 is 1. The van der Waals surface area contributed by atoms with Crippen LogP contribution < -0.4 is 10.6 Å². The maximum Gasteiger partial charge on any atom is 0.191 e. The second-order valence-corrected chi connectivity index (χ2v) is 6.93. The van der Waals surface area contributed by atoms with E-state index in [1.807, 2.05) is 0 Å². The highest BCUT2D eigenvalue weighted by molar-refractivity contribution is 5.79. The number of hydrogen-bond acceptors (Lipinski definition) is 4. The van der Waals surface area contributed by atoms with Crippen LogP contribution in [-0.2, 0) is 14.2 Å². The summed E-state index contributed by atoms with van der Waals surface area (Å²) in [5.41, 5.74) is 0.365. The number of rotatable bonds is 11. The molecule has 140 valence electrons. The van der Waals surface area contributed by atoms with Crippen molar-refractivity contribution < 1.29 is 14.2 Å². The molecule has 0 radical (unpaired) electrons. The van der Waals surface area contributed by atoms with Crippen LogP contribution in [-0.4, -0.2) is 65.2 Å². The lowest BCUT2D eigenvalue weighted by Crippen LogP contribution is -2.40. The molecule has 2 rings (SSSR count). The first-order chi connectivity index (χ1) is 11.8. The Morgan fingerprint density at radius 3 is 2.79 bits per heavy atom. The summed E-state index contributed by atoms with van der Waals surface area (Å²) in [6, 6.07) is 0. The molecule has 1 aliphatic heterocycles. The van der Waals surface area contributed by atoms with Gasteiger partial charge in [0.1, 0.15) is 0 Å². The van der Waals surface area contributed by atoms with Gasteiger partial charge in [-0.25, -0.2) is 0 Å². The van der Waals surface area contributed by atoms with Crippen LogP contribution in [0.15, 0.2) is 4.99 Å². The number of nitrogens with zero attached hydrogens (tertiary/aromatic N) is 1. The number of hydrogen-bond donors (Lipinski definition) is 2. The van der Waals surface area contributed by atoms with Crippen molar-refractivity contribution >= 4 is 5.96 Å². The fourth-order valence-electron chi connectivity index (χ4n) is 3.24. The highest BCUT2D eigenvalue weighted by Gasteiger charge is 2.36. The molecule has 1 atom stereocenters. The first-order valence-corrected chi connectivity index (χ1v) is 9.48. The largest absolute Gasteiger partial charge is 0.385 e. The molecule has 0 amide bonds. The third kappa shape index (κ3) is 6.57. The minimum atomic E-state index is 0.297. The van der Waals surface area contributed by atoms with E-state index in [-0.39, 0.29) is 0 Å². The van der Waals surface area contributed by atoms with Gasteiger partial charge in [0, 0.05) is 46.6 Å². The lowest BCUT2D eigenvalue weighted by molar-refractivity contribution is 0.0419. The zero-order valence-corrected chi connectivity index (χ0v) is 15.4. The fraction of sp³-hybridized carbons (Fsp3) is 0.944. The number of guanidine groups is 1. The summed E-state index contributed by atoms with van der Waals surface area (Å²) in [5, 5.41) is 6.76. The Labute approximate surface area is 146 Å². The Balaban J connectivity index is 1.65. The second-order valence-electron chi connectivity index (χ2n) is 6.93. The van der Waals surface area contributed by atoms with Crippen LogP contribution in [0, 0.1) is 5.41 Å². The monoisotopic (exact) mass is 341 g/mol. The molecule has 0 bridgehead atoms. The van der Waals surface area contributed by atoms with E-state index in [0.29, 0.717) is 11.5 Å². The summed E-state index contributed by atoms with van der Waals surface area (Å²) in [7, 11) is 1.78. The Bertz CT molecular complexity index is 367. The van der Waals surface area contributed by atoms with Crippen molar-refractivity contribution in [1.82, 2.24) is 10.6 Å². The van der Waals surface area contributed by atoms with E-state index < -0.39 is 0 Å². The van der Waals surface area contributed by atoms with Crippen LogP contribution in [0.25, 0.3) is 0 Å². The standard InChI is InChI=1S/C18H35N3O3/c1-3-19-17(20-10-5-11-24-16-6-12-23-14-16)21-15-18(7-4-8-18)9-13-22-2/h16H,3-15H2,1-2H3,(H2,19,20,21). The molecule has 1 heterocycles. The summed E-state index contributed by atoms with van der Waals surface area (Å²) in [6.45, 7) is 7.95. The fourth-order valence-corrected chi connectivity index (χ4v) is 3.24. The van der Waals surface area contributed by atoms with Crippen LogP contribution in [0.5, 0.6) is 0 Å². The molecule has 0 aromatic carbocycles. The molecule has 0 spiro atoms. The van der Waals surface area contributed by atoms with Gasteiger partial charge in [-0.15, -0.1) is 0 Å². The van der Waals surface area contributed by atoms with Crippen molar-refractivity contribution in [2.45, 2.75) is 51.6 Å². The second kappa shape index (κ2) is 10.9. The number of ether oxygens (including phenoxy) is 3. The summed E-state index contributed by atoms with van der Waals surface area (Å²) in [6.07, 6.45) is 7.30. The summed E-state index contributed by atoms with van der Waals surface area (Å²) >= 11 is 0. The molecule has 1 saturated carbocycles. The highest BCUT2D eigenvalue weighted by Crippen LogP contribution is 2.44. The molecule has 0 aromatic rings. The van der Waals surface area contributed by atoms with Crippen molar-refractivity contribution in [2.75, 3.05) is 53.2 Å². The van der Waals surface area contributed by atoms with Crippen LogP contribution in [0.2, 0.25) is 0 Å². The number of nitrogens with one attached hydrogen (secondary N) is 2.